The van der Waals surface area contributed by atoms with Crippen LogP contribution in [0.3, 0.4) is 0 Å². The average Bonchev–Trinajstić information content (AvgIpc) is 2.53. The van der Waals surface area contributed by atoms with Gasteiger partial charge in [0.15, 0.2) is 0 Å². The van der Waals surface area contributed by atoms with Crippen molar-refractivity contribution >= 4 is 5.76 Å². The molecule has 0 saturated carbocycles. The molecule has 0 aliphatic rings. The van der Waals surface area contributed by atoms with Gasteiger partial charge in [-0.2, -0.15) is 0 Å². The van der Waals surface area contributed by atoms with Gasteiger partial charge in [0.1, 0.15) is 23.9 Å². The molecule has 0 heterocycles. The monoisotopic (exact) mass is 288 g/mol. The van der Waals surface area contributed by atoms with E-state index in [4.69, 9.17) is 9.47 Å². The van der Waals surface area contributed by atoms with E-state index in [1.807, 2.05) is 0 Å². The first-order chi connectivity index (χ1) is 10.1. The van der Waals surface area contributed by atoms with E-state index in [0.717, 1.165) is 0 Å². The Hall–Kier alpha value is -2.33. The first-order valence-corrected chi connectivity index (χ1v) is 6.48. The Morgan fingerprint density at radius 2 is 2.00 bits per heavy atom. The lowest BCUT2D eigenvalue weighted by molar-refractivity contribution is 0.276. The quantitative estimate of drug-likeness (QED) is 0.827. The standard InChI is InChI=1S/C17H17FO3/c1-12(20-2)15-7-13(10-19)8-16(9-15)21-11-14-5-3-4-6-17(14)18/h3-9,19H,1,10-11H2,2H3. The van der Waals surface area contributed by atoms with Crippen LogP contribution < -0.4 is 4.74 Å². The molecule has 0 aliphatic heterocycles. The van der Waals surface area contributed by atoms with E-state index in [1.54, 1.807) is 36.4 Å². The zero-order chi connectivity index (χ0) is 15.2. The number of methoxy groups -OCH3 is 1. The minimum absolute atomic E-state index is 0.112. The van der Waals surface area contributed by atoms with Crippen LogP contribution in [0.1, 0.15) is 16.7 Å². The highest BCUT2D eigenvalue weighted by Gasteiger charge is 2.07. The van der Waals surface area contributed by atoms with Crippen LogP contribution in [0.15, 0.2) is 49.0 Å². The molecule has 2 aromatic carbocycles. The van der Waals surface area contributed by atoms with Gasteiger partial charge in [0.25, 0.3) is 0 Å². The zero-order valence-corrected chi connectivity index (χ0v) is 11.8. The molecule has 0 amide bonds. The molecule has 0 aromatic heterocycles. The minimum atomic E-state index is -0.308. The van der Waals surface area contributed by atoms with Gasteiger partial charge in [0.05, 0.1) is 13.7 Å². The summed E-state index contributed by atoms with van der Waals surface area (Å²) in [7, 11) is 1.52. The van der Waals surface area contributed by atoms with Crippen molar-refractivity contribution in [2.24, 2.45) is 0 Å². The summed E-state index contributed by atoms with van der Waals surface area (Å²) in [5.41, 5.74) is 1.86. The maximum atomic E-state index is 13.5. The van der Waals surface area contributed by atoms with Gasteiger partial charge >= 0.3 is 0 Å². The Kier molecular flexibility index (Phi) is 4.95. The van der Waals surface area contributed by atoms with Gasteiger partial charge in [0, 0.05) is 11.1 Å². The normalized spacial score (nSPS) is 10.2. The van der Waals surface area contributed by atoms with Crippen molar-refractivity contribution in [3.8, 4) is 5.75 Å². The predicted molar refractivity (Wildman–Crippen MR) is 79.1 cm³/mol. The molecule has 2 aromatic rings. The topological polar surface area (TPSA) is 38.7 Å². The van der Waals surface area contributed by atoms with Gasteiger partial charge < -0.3 is 14.6 Å². The Morgan fingerprint density at radius 3 is 2.67 bits per heavy atom. The second kappa shape index (κ2) is 6.90. The molecule has 0 aliphatic carbocycles. The van der Waals surface area contributed by atoms with E-state index in [9.17, 15) is 9.50 Å². The number of hydrogen-bond donors (Lipinski definition) is 1. The number of aliphatic hydroxyl groups is 1. The molecular formula is C17H17FO3. The maximum absolute atomic E-state index is 13.5. The Labute approximate surface area is 123 Å². The SMILES string of the molecule is C=C(OC)c1cc(CO)cc(OCc2ccccc2F)c1. The molecular weight excluding hydrogens is 271 g/mol. The largest absolute Gasteiger partial charge is 0.497 e. The Morgan fingerprint density at radius 1 is 1.24 bits per heavy atom. The Bertz CT molecular complexity index is 638. The van der Waals surface area contributed by atoms with Crippen molar-refractivity contribution in [2.75, 3.05) is 7.11 Å². The lowest BCUT2D eigenvalue weighted by Gasteiger charge is -2.12. The first kappa shape index (κ1) is 15.1. The fourth-order valence-corrected chi connectivity index (χ4v) is 1.89. The van der Waals surface area contributed by atoms with Crippen molar-refractivity contribution in [3.63, 3.8) is 0 Å². The van der Waals surface area contributed by atoms with Crippen LogP contribution in [0.25, 0.3) is 5.76 Å². The number of ether oxygens (including phenoxy) is 2. The van der Waals surface area contributed by atoms with Crippen molar-refractivity contribution < 1.29 is 19.0 Å². The van der Waals surface area contributed by atoms with Crippen molar-refractivity contribution in [1.29, 1.82) is 0 Å². The molecule has 110 valence electrons. The first-order valence-electron chi connectivity index (χ1n) is 6.48. The lowest BCUT2D eigenvalue weighted by atomic mass is 10.1. The van der Waals surface area contributed by atoms with Crippen LogP contribution in [0.2, 0.25) is 0 Å². The number of halogens is 1. The van der Waals surface area contributed by atoms with Crippen LogP contribution in [0.5, 0.6) is 5.75 Å². The van der Waals surface area contributed by atoms with Crippen molar-refractivity contribution in [3.05, 3.63) is 71.6 Å². The van der Waals surface area contributed by atoms with Crippen LogP contribution in [-0.2, 0) is 18.0 Å². The average molecular weight is 288 g/mol. The molecule has 21 heavy (non-hydrogen) atoms. The molecule has 0 saturated heterocycles. The fourth-order valence-electron chi connectivity index (χ4n) is 1.89. The van der Waals surface area contributed by atoms with E-state index in [-0.39, 0.29) is 19.0 Å². The summed E-state index contributed by atoms with van der Waals surface area (Å²) in [4.78, 5) is 0. The molecule has 0 unspecified atom stereocenters. The van der Waals surface area contributed by atoms with Crippen LogP contribution in [-0.4, -0.2) is 12.2 Å². The number of benzene rings is 2. The summed E-state index contributed by atoms with van der Waals surface area (Å²) < 4.78 is 24.2. The highest BCUT2D eigenvalue weighted by Crippen LogP contribution is 2.23. The van der Waals surface area contributed by atoms with Crippen molar-refractivity contribution in [1.82, 2.24) is 0 Å². The summed E-state index contributed by atoms with van der Waals surface area (Å²) in [6, 6.07) is 11.7. The van der Waals surface area contributed by atoms with Crippen LogP contribution in [0.4, 0.5) is 4.39 Å². The third-order valence-corrected chi connectivity index (χ3v) is 3.07. The van der Waals surface area contributed by atoms with E-state index >= 15 is 0 Å². The second-order valence-corrected chi connectivity index (χ2v) is 4.53. The minimum Gasteiger partial charge on any atom is -0.497 e. The van der Waals surface area contributed by atoms with Gasteiger partial charge in [-0.15, -0.1) is 0 Å². The van der Waals surface area contributed by atoms with Gasteiger partial charge in [0.2, 0.25) is 0 Å². The lowest BCUT2D eigenvalue weighted by Crippen LogP contribution is -2.00. The summed E-state index contributed by atoms with van der Waals surface area (Å²) in [5, 5.41) is 9.28. The molecule has 3 nitrogen and oxygen atoms in total. The maximum Gasteiger partial charge on any atom is 0.129 e. The van der Waals surface area contributed by atoms with Crippen LogP contribution in [0, 0.1) is 5.82 Å². The fraction of sp³-hybridized carbons (Fsp3) is 0.176. The van der Waals surface area contributed by atoms with Gasteiger partial charge in [-0.05, 0) is 29.8 Å². The molecule has 0 radical (unpaired) electrons. The van der Waals surface area contributed by atoms with Gasteiger partial charge in [-0.3, -0.25) is 0 Å². The van der Waals surface area contributed by atoms with E-state index in [2.05, 4.69) is 6.58 Å². The highest BCUT2D eigenvalue weighted by atomic mass is 19.1. The van der Waals surface area contributed by atoms with E-state index < -0.39 is 0 Å². The number of hydrogen-bond acceptors (Lipinski definition) is 3. The molecule has 2 rings (SSSR count). The molecule has 0 atom stereocenters. The second-order valence-electron chi connectivity index (χ2n) is 4.53. The number of rotatable bonds is 6. The zero-order valence-electron chi connectivity index (χ0n) is 11.8. The summed E-state index contributed by atoms with van der Waals surface area (Å²) in [6.07, 6.45) is 0. The third-order valence-electron chi connectivity index (χ3n) is 3.07. The molecule has 0 bridgehead atoms. The smallest absolute Gasteiger partial charge is 0.129 e. The summed E-state index contributed by atoms with van der Waals surface area (Å²) >= 11 is 0. The van der Waals surface area contributed by atoms with Crippen molar-refractivity contribution in [2.45, 2.75) is 13.2 Å². The van der Waals surface area contributed by atoms with Gasteiger partial charge in [-0.1, -0.05) is 24.8 Å². The molecule has 1 N–H and O–H groups in total. The van der Waals surface area contributed by atoms with E-state index in [1.165, 1.54) is 13.2 Å². The molecule has 4 heteroatoms. The third kappa shape index (κ3) is 3.83. The van der Waals surface area contributed by atoms with Crippen LogP contribution >= 0.6 is 0 Å². The van der Waals surface area contributed by atoms with E-state index in [0.29, 0.717) is 28.2 Å². The number of aliphatic hydroxyl groups excluding tert-OH is 1. The van der Waals surface area contributed by atoms with Gasteiger partial charge in [-0.25, -0.2) is 4.39 Å². The Balaban J connectivity index is 2.19. The molecule has 0 fully saturated rings. The summed E-state index contributed by atoms with van der Waals surface area (Å²) in [5.74, 6) is 0.691. The highest BCUT2D eigenvalue weighted by molar-refractivity contribution is 5.60. The predicted octanol–water partition coefficient (Wildman–Crippen LogP) is 3.51. The summed E-state index contributed by atoms with van der Waals surface area (Å²) in [6.45, 7) is 3.76. The molecule has 0 spiro atoms.